The summed E-state index contributed by atoms with van der Waals surface area (Å²) in [6.45, 7) is 1.07. The molecule has 9 heteroatoms. The van der Waals surface area contributed by atoms with Gasteiger partial charge in [-0.3, -0.25) is 9.52 Å². The Bertz CT molecular complexity index is 601. The number of aliphatic carboxylic acids is 1. The number of nitrogens with one attached hydrogen (secondary N) is 1. The maximum absolute atomic E-state index is 11.9. The Labute approximate surface area is 122 Å². The van der Waals surface area contributed by atoms with Gasteiger partial charge in [0.1, 0.15) is 0 Å². The monoisotopic (exact) mass is 319 g/mol. The number of hydrogen-bond donors (Lipinski definition) is 2. The van der Waals surface area contributed by atoms with Gasteiger partial charge < -0.3 is 19.3 Å². The summed E-state index contributed by atoms with van der Waals surface area (Å²) in [6, 6.07) is 2.74. The van der Waals surface area contributed by atoms with Crippen molar-refractivity contribution in [1.82, 2.24) is 0 Å². The van der Waals surface area contributed by atoms with E-state index in [-0.39, 0.29) is 17.2 Å². The molecule has 0 fully saturated rings. The van der Waals surface area contributed by atoms with Crippen LogP contribution in [0.4, 0.5) is 5.69 Å². The van der Waals surface area contributed by atoms with E-state index in [4.69, 9.17) is 19.3 Å². The molecule has 1 rings (SSSR count). The van der Waals surface area contributed by atoms with Crippen LogP contribution in [-0.2, 0) is 14.8 Å². The van der Waals surface area contributed by atoms with Crippen molar-refractivity contribution in [3.63, 3.8) is 0 Å². The Morgan fingerprint density at radius 3 is 1.95 bits per heavy atom. The van der Waals surface area contributed by atoms with Crippen molar-refractivity contribution in [1.29, 1.82) is 0 Å². The van der Waals surface area contributed by atoms with Crippen LogP contribution in [0.5, 0.6) is 17.2 Å². The molecule has 2 N–H and O–H groups in total. The summed E-state index contributed by atoms with van der Waals surface area (Å²) in [5.74, 6) is -0.653. The molecule has 21 heavy (non-hydrogen) atoms. The van der Waals surface area contributed by atoms with Gasteiger partial charge in [0.25, 0.3) is 0 Å². The Morgan fingerprint density at radius 2 is 1.62 bits per heavy atom. The average Bonchev–Trinajstić information content (AvgIpc) is 2.44. The second-order valence-corrected chi connectivity index (χ2v) is 6.04. The molecule has 0 aliphatic heterocycles. The lowest BCUT2D eigenvalue weighted by Crippen LogP contribution is -2.32. The largest absolute Gasteiger partial charge is 0.493 e. The first-order valence-corrected chi connectivity index (χ1v) is 7.36. The van der Waals surface area contributed by atoms with E-state index >= 15 is 0 Å². The lowest BCUT2D eigenvalue weighted by Gasteiger charge is -2.16. The highest BCUT2D eigenvalue weighted by atomic mass is 32.2. The summed E-state index contributed by atoms with van der Waals surface area (Å²) < 4.78 is 41.2. The molecule has 0 spiro atoms. The predicted molar refractivity (Wildman–Crippen MR) is 75.7 cm³/mol. The molecular weight excluding hydrogens is 302 g/mol. The summed E-state index contributed by atoms with van der Waals surface area (Å²) in [5.41, 5.74) is 0.109. The highest BCUT2D eigenvalue weighted by Crippen LogP contribution is 2.40. The minimum absolute atomic E-state index is 0.109. The van der Waals surface area contributed by atoms with Crippen LogP contribution in [0.1, 0.15) is 6.92 Å². The number of carboxylic acids is 1. The third-order valence-corrected chi connectivity index (χ3v) is 4.39. The van der Waals surface area contributed by atoms with E-state index in [1.54, 1.807) is 0 Å². The average molecular weight is 319 g/mol. The molecule has 0 heterocycles. The van der Waals surface area contributed by atoms with Crippen LogP contribution in [0.3, 0.4) is 0 Å². The van der Waals surface area contributed by atoms with Crippen LogP contribution in [0.2, 0.25) is 0 Å². The van der Waals surface area contributed by atoms with Gasteiger partial charge in [-0.05, 0) is 6.92 Å². The number of sulfonamides is 1. The van der Waals surface area contributed by atoms with Gasteiger partial charge in [-0.2, -0.15) is 0 Å². The number of ether oxygens (including phenoxy) is 3. The van der Waals surface area contributed by atoms with Gasteiger partial charge in [-0.1, -0.05) is 0 Å². The van der Waals surface area contributed by atoms with Crippen LogP contribution >= 0.6 is 0 Å². The lowest BCUT2D eigenvalue weighted by atomic mass is 10.2. The molecule has 0 saturated heterocycles. The quantitative estimate of drug-likeness (QED) is 0.769. The van der Waals surface area contributed by atoms with E-state index in [0.29, 0.717) is 5.75 Å². The molecule has 1 aromatic carbocycles. The van der Waals surface area contributed by atoms with E-state index < -0.39 is 21.2 Å². The van der Waals surface area contributed by atoms with Crippen LogP contribution < -0.4 is 18.9 Å². The van der Waals surface area contributed by atoms with Crippen molar-refractivity contribution in [2.75, 3.05) is 26.1 Å². The van der Waals surface area contributed by atoms with E-state index in [0.717, 1.165) is 6.92 Å². The van der Waals surface area contributed by atoms with E-state index in [2.05, 4.69) is 4.72 Å². The lowest BCUT2D eigenvalue weighted by molar-refractivity contribution is -0.136. The van der Waals surface area contributed by atoms with Crippen LogP contribution in [0.25, 0.3) is 0 Å². The number of anilines is 1. The summed E-state index contributed by atoms with van der Waals surface area (Å²) >= 11 is 0. The van der Waals surface area contributed by atoms with Crippen molar-refractivity contribution in [2.45, 2.75) is 12.2 Å². The molecule has 0 radical (unpaired) electrons. The third kappa shape index (κ3) is 3.69. The molecule has 0 saturated carbocycles. The van der Waals surface area contributed by atoms with Gasteiger partial charge in [-0.15, -0.1) is 0 Å². The van der Waals surface area contributed by atoms with E-state index in [9.17, 15) is 13.2 Å². The molecule has 0 bridgehead atoms. The molecule has 1 atom stereocenters. The maximum atomic E-state index is 11.9. The van der Waals surface area contributed by atoms with Gasteiger partial charge in [0.2, 0.25) is 15.8 Å². The van der Waals surface area contributed by atoms with Gasteiger partial charge in [-0.25, -0.2) is 8.42 Å². The second kappa shape index (κ2) is 6.53. The van der Waals surface area contributed by atoms with Crippen LogP contribution in [0, 0.1) is 0 Å². The molecule has 0 aliphatic rings. The number of carboxylic acid groups (broad SMARTS) is 1. The van der Waals surface area contributed by atoms with Crippen LogP contribution in [-0.4, -0.2) is 46.1 Å². The fraction of sp³-hybridized carbons (Fsp3) is 0.417. The summed E-state index contributed by atoms with van der Waals surface area (Å²) in [5, 5.41) is 7.19. The molecule has 0 amide bonds. The molecule has 118 valence electrons. The smallest absolute Gasteiger partial charge is 0.323 e. The Kier molecular flexibility index (Phi) is 5.25. The molecule has 1 unspecified atom stereocenters. The minimum atomic E-state index is -4.08. The second-order valence-electron chi connectivity index (χ2n) is 4.04. The zero-order valence-corrected chi connectivity index (χ0v) is 12.9. The first kappa shape index (κ1) is 16.9. The van der Waals surface area contributed by atoms with E-state index in [1.807, 2.05) is 0 Å². The standard InChI is InChI=1S/C12H17NO7S/c1-7(12(14)15)21(16,17)13-8-5-9(18-2)11(20-4)10(6-8)19-3/h5-7,13H,1-4H3,(H,14,15). The van der Waals surface area contributed by atoms with Gasteiger partial charge >= 0.3 is 5.97 Å². The van der Waals surface area contributed by atoms with Gasteiger partial charge in [0.15, 0.2) is 16.7 Å². The molecule has 1 aromatic rings. The minimum Gasteiger partial charge on any atom is -0.493 e. The van der Waals surface area contributed by atoms with Gasteiger partial charge in [0.05, 0.1) is 27.0 Å². The summed E-state index contributed by atoms with van der Waals surface area (Å²) in [6.07, 6.45) is 0. The summed E-state index contributed by atoms with van der Waals surface area (Å²) in [7, 11) is 0.0986. The first-order chi connectivity index (χ1) is 9.76. The normalized spacial score (nSPS) is 12.4. The number of hydrogen-bond acceptors (Lipinski definition) is 6. The van der Waals surface area contributed by atoms with Crippen molar-refractivity contribution in [2.24, 2.45) is 0 Å². The fourth-order valence-electron chi connectivity index (χ4n) is 1.53. The number of rotatable bonds is 7. The maximum Gasteiger partial charge on any atom is 0.323 e. The molecule has 8 nitrogen and oxygen atoms in total. The van der Waals surface area contributed by atoms with Crippen molar-refractivity contribution in [3.05, 3.63) is 12.1 Å². The SMILES string of the molecule is COc1cc(NS(=O)(=O)C(C)C(=O)O)cc(OC)c1OC. The molecule has 0 aliphatic carbocycles. The van der Waals surface area contributed by atoms with E-state index in [1.165, 1.54) is 33.5 Å². The fourth-order valence-corrected chi connectivity index (χ4v) is 2.41. The first-order valence-electron chi connectivity index (χ1n) is 5.81. The zero-order chi connectivity index (χ0) is 16.2. The Hall–Kier alpha value is -2.16. The highest BCUT2D eigenvalue weighted by molar-refractivity contribution is 7.94. The number of methoxy groups -OCH3 is 3. The third-order valence-electron chi connectivity index (χ3n) is 2.74. The van der Waals surface area contributed by atoms with Gasteiger partial charge in [0, 0.05) is 12.1 Å². The zero-order valence-electron chi connectivity index (χ0n) is 12.0. The highest BCUT2D eigenvalue weighted by Gasteiger charge is 2.28. The molecular formula is C12H17NO7S. The van der Waals surface area contributed by atoms with Crippen molar-refractivity contribution < 1.29 is 32.5 Å². The Morgan fingerprint density at radius 1 is 1.14 bits per heavy atom. The number of benzene rings is 1. The topological polar surface area (TPSA) is 111 Å². The predicted octanol–water partition coefficient (Wildman–Crippen LogP) is 0.927. The van der Waals surface area contributed by atoms with Crippen molar-refractivity contribution >= 4 is 21.7 Å². The number of carbonyl (C=O) groups is 1. The molecule has 0 aromatic heterocycles. The Balaban J connectivity index is 3.24. The summed E-state index contributed by atoms with van der Waals surface area (Å²) in [4.78, 5) is 10.8. The van der Waals surface area contributed by atoms with Crippen molar-refractivity contribution in [3.8, 4) is 17.2 Å². The van der Waals surface area contributed by atoms with Crippen LogP contribution in [0.15, 0.2) is 12.1 Å².